The number of aromatic nitrogens is 2. The van der Waals surface area contributed by atoms with Gasteiger partial charge >= 0.3 is 5.69 Å². The number of aromatic amines is 1. The molecular formula is C14H10Cl2N2O. The van der Waals surface area contributed by atoms with Crippen LogP contribution < -0.4 is 5.69 Å². The highest BCUT2D eigenvalue weighted by Crippen LogP contribution is 2.31. The van der Waals surface area contributed by atoms with Gasteiger partial charge in [-0.25, -0.2) is 4.79 Å². The molecule has 2 aromatic heterocycles. The topological polar surface area (TPSA) is 37.3 Å². The van der Waals surface area contributed by atoms with Gasteiger partial charge in [-0.3, -0.25) is 4.40 Å². The van der Waals surface area contributed by atoms with Crippen molar-refractivity contribution in [1.82, 2.24) is 9.38 Å². The summed E-state index contributed by atoms with van der Waals surface area (Å²) in [5.41, 5.74) is 3.24. The third-order valence-electron chi connectivity index (χ3n) is 2.98. The van der Waals surface area contributed by atoms with Gasteiger partial charge in [0.15, 0.2) is 0 Å². The summed E-state index contributed by atoms with van der Waals surface area (Å²) >= 11 is 12.1. The third kappa shape index (κ3) is 2.15. The van der Waals surface area contributed by atoms with E-state index >= 15 is 0 Å². The van der Waals surface area contributed by atoms with E-state index in [4.69, 9.17) is 23.2 Å². The molecule has 0 spiro atoms. The summed E-state index contributed by atoms with van der Waals surface area (Å²) in [6.45, 7) is 1.85. The van der Waals surface area contributed by atoms with Crippen molar-refractivity contribution in [2.24, 2.45) is 0 Å². The Hall–Kier alpha value is -1.71. The fraction of sp³-hybridized carbons (Fsp3) is 0.0714. The van der Waals surface area contributed by atoms with E-state index in [-0.39, 0.29) is 5.69 Å². The maximum atomic E-state index is 11.8. The number of rotatable bonds is 1. The normalized spacial score (nSPS) is 11.1. The average molecular weight is 293 g/mol. The van der Waals surface area contributed by atoms with Crippen molar-refractivity contribution in [3.63, 3.8) is 0 Å². The first kappa shape index (κ1) is 12.3. The highest BCUT2D eigenvalue weighted by molar-refractivity contribution is 6.36. The van der Waals surface area contributed by atoms with Crippen molar-refractivity contribution in [2.45, 2.75) is 6.92 Å². The van der Waals surface area contributed by atoms with Crippen molar-refractivity contribution in [2.75, 3.05) is 0 Å². The van der Waals surface area contributed by atoms with E-state index in [2.05, 4.69) is 4.98 Å². The summed E-state index contributed by atoms with van der Waals surface area (Å²) in [6, 6.07) is 9.16. The lowest BCUT2D eigenvalue weighted by Gasteiger charge is -2.01. The van der Waals surface area contributed by atoms with Crippen molar-refractivity contribution >= 4 is 28.7 Å². The Labute approximate surface area is 119 Å². The molecule has 5 heteroatoms. The van der Waals surface area contributed by atoms with Crippen LogP contribution in [0.3, 0.4) is 0 Å². The minimum absolute atomic E-state index is 0.161. The van der Waals surface area contributed by atoms with Crippen LogP contribution in [0.4, 0.5) is 0 Å². The Morgan fingerprint density at radius 2 is 1.95 bits per heavy atom. The molecule has 2 heterocycles. The summed E-state index contributed by atoms with van der Waals surface area (Å²) in [5, 5.41) is 1.16. The smallest absolute Gasteiger partial charge is 0.311 e. The average Bonchev–Trinajstić information content (AvgIpc) is 2.72. The second-order valence-corrected chi connectivity index (χ2v) is 5.25. The predicted octanol–water partition coefficient (Wildman–Crippen LogP) is 3.91. The van der Waals surface area contributed by atoms with E-state index < -0.39 is 0 Å². The van der Waals surface area contributed by atoms with Crippen LogP contribution in [0.25, 0.3) is 16.6 Å². The molecule has 0 unspecified atom stereocenters. The second kappa shape index (κ2) is 4.44. The van der Waals surface area contributed by atoms with Crippen LogP contribution in [0.5, 0.6) is 0 Å². The van der Waals surface area contributed by atoms with Crippen LogP contribution in [0, 0.1) is 6.92 Å². The fourth-order valence-electron chi connectivity index (χ4n) is 2.12. The van der Waals surface area contributed by atoms with Crippen LogP contribution in [-0.2, 0) is 0 Å². The maximum Gasteiger partial charge on any atom is 0.330 e. The highest BCUT2D eigenvalue weighted by atomic mass is 35.5. The number of benzene rings is 1. The molecule has 1 N–H and O–H groups in total. The molecule has 0 bridgehead atoms. The number of hydrogen-bond acceptors (Lipinski definition) is 1. The van der Waals surface area contributed by atoms with Gasteiger partial charge in [0.05, 0.1) is 5.52 Å². The summed E-state index contributed by atoms with van der Waals surface area (Å²) in [5.74, 6) is 0. The molecule has 19 heavy (non-hydrogen) atoms. The predicted molar refractivity (Wildman–Crippen MR) is 78.2 cm³/mol. The quantitative estimate of drug-likeness (QED) is 0.725. The van der Waals surface area contributed by atoms with Gasteiger partial charge in [-0.15, -0.1) is 0 Å². The van der Waals surface area contributed by atoms with Gasteiger partial charge in [0.25, 0.3) is 0 Å². The minimum atomic E-state index is -0.161. The first-order valence-corrected chi connectivity index (χ1v) is 6.47. The maximum absolute atomic E-state index is 11.8. The molecule has 1 aromatic carbocycles. The number of fused-ring (bicyclic) bond motifs is 1. The summed E-state index contributed by atoms with van der Waals surface area (Å²) < 4.78 is 1.56. The zero-order valence-electron chi connectivity index (χ0n) is 10.1. The van der Waals surface area contributed by atoms with Gasteiger partial charge in [0.2, 0.25) is 0 Å². The number of halogens is 2. The molecule has 0 saturated carbocycles. The largest absolute Gasteiger partial charge is 0.330 e. The van der Waals surface area contributed by atoms with Crippen molar-refractivity contribution in [1.29, 1.82) is 0 Å². The molecule has 3 aromatic rings. The molecule has 0 atom stereocenters. The van der Waals surface area contributed by atoms with Gasteiger partial charge in [-0.05, 0) is 31.2 Å². The van der Waals surface area contributed by atoms with Crippen molar-refractivity contribution < 1.29 is 0 Å². The zero-order chi connectivity index (χ0) is 13.6. The molecule has 0 aliphatic carbocycles. The summed E-state index contributed by atoms with van der Waals surface area (Å²) in [7, 11) is 0. The van der Waals surface area contributed by atoms with Crippen molar-refractivity contribution in [3.05, 3.63) is 62.8 Å². The Bertz CT molecular complexity index is 833. The van der Waals surface area contributed by atoms with Gasteiger partial charge in [0, 0.05) is 33.1 Å². The number of aryl methyl sites for hydroxylation is 1. The van der Waals surface area contributed by atoms with Gasteiger partial charge in [0.1, 0.15) is 0 Å². The molecule has 3 rings (SSSR count). The summed E-state index contributed by atoms with van der Waals surface area (Å²) in [4.78, 5) is 14.6. The van der Waals surface area contributed by atoms with Crippen molar-refractivity contribution in [3.8, 4) is 11.1 Å². The zero-order valence-corrected chi connectivity index (χ0v) is 11.6. The van der Waals surface area contributed by atoms with Crippen LogP contribution in [0.1, 0.15) is 5.69 Å². The Morgan fingerprint density at radius 3 is 2.68 bits per heavy atom. The fourth-order valence-corrected chi connectivity index (χ4v) is 2.64. The number of hydrogen-bond donors (Lipinski definition) is 1. The lowest BCUT2D eigenvalue weighted by Crippen LogP contribution is -2.15. The molecule has 96 valence electrons. The molecule has 3 nitrogen and oxygen atoms in total. The lowest BCUT2D eigenvalue weighted by molar-refractivity contribution is 0.979. The first-order chi connectivity index (χ1) is 9.04. The lowest BCUT2D eigenvalue weighted by atomic mass is 10.1. The van der Waals surface area contributed by atoms with Gasteiger partial charge < -0.3 is 4.98 Å². The van der Waals surface area contributed by atoms with E-state index in [1.165, 1.54) is 0 Å². The Balaban J connectivity index is 2.26. The highest BCUT2D eigenvalue weighted by Gasteiger charge is 2.08. The molecule has 0 aliphatic rings. The molecule has 0 saturated heterocycles. The Morgan fingerprint density at radius 1 is 1.16 bits per heavy atom. The number of H-pyrrole nitrogens is 1. The van der Waals surface area contributed by atoms with Crippen LogP contribution in [-0.4, -0.2) is 9.38 Å². The molecular weight excluding hydrogens is 283 g/mol. The minimum Gasteiger partial charge on any atom is -0.311 e. The van der Waals surface area contributed by atoms with Crippen LogP contribution in [0.2, 0.25) is 10.0 Å². The molecule has 0 fully saturated rings. The van der Waals surface area contributed by atoms with Gasteiger partial charge in [-0.2, -0.15) is 0 Å². The Kier molecular flexibility index (Phi) is 2.88. The molecule has 0 radical (unpaired) electrons. The monoisotopic (exact) mass is 292 g/mol. The van der Waals surface area contributed by atoms with E-state index in [0.717, 1.165) is 22.3 Å². The van der Waals surface area contributed by atoms with Gasteiger partial charge in [-0.1, -0.05) is 29.3 Å². The van der Waals surface area contributed by atoms with E-state index in [1.54, 1.807) is 22.7 Å². The second-order valence-electron chi connectivity index (χ2n) is 4.41. The molecule has 0 aliphatic heterocycles. The van der Waals surface area contributed by atoms with E-state index in [1.807, 2.05) is 25.1 Å². The molecule has 0 amide bonds. The number of nitrogens with one attached hydrogen (secondary N) is 1. The standard InChI is InChI=1S/C14H10Cl2N2O/c1-8-4-11-5-9(7-18(11)14(19)17-8)12-3-2-10(15)6-13(12)16/h2-7H,1H3,(H,17,19). The van der Waals surface area contributed by atoms with Crippen LogP contribution in [0.15, 0.2) is 41.3 Å². The summed E-state index contributed by atoms with van der Waals surface area (Å²) in [6.07, 6.45) is 1.77. The van der Waals surface area contributed by atoms with E-state index in [9.17, 15) is 4.79 Å². The number of nitrogens with zero attached hydrogens (tertiary/aromatic N) is 1. The first-order valence-electron chi connectivity index (χ1n) is 5.72. The third-order valence-corrected chi connectivity index (χ3v) is 3.53. The van der Waals surface area contributed by atoms with Crippen LogP contribution >= 0.6 is 23.2 Å². The van der Waals surface area contributed by atoms with E-state index in [0.29, 0.717) is 10.0 Å². The SMILES string of the molecule is Cc1cc2cc(-c3ccc(Cl)cc3Cl)cn2c(=O)[nH]1.